The van der Waals surface area contributed by atoms with E-state index in [0.29, 0.717) is 5.46 Å². The molecule has 0 radical (unpaired) electrons. The standard InChI is InChI=1S/C17H21BN2O4S/c1-16(2)17(3,4)24-18(23-16)13-10-11-19-15(12-13)20-25(21,22)14-8-6-5-7-9-14/h5-12H,1-4H3,(H,19,20). The first-order chi connectivity index (χ1) is 11.6. The maximum absolute atomic E-state index is 12.4. The molecule has 1 N–H and O–H groups in total. The summed E-state index contributed by atoms with van der Waals surface area (Å²) >= 11 is 0. The quantitative estimate of drug-likeness (QED) is 0.846. The number of hydrogen-bond acceptors (Lipinski definition) is 5. The lowest BCUT2D eigenvalue weighted by Gasteiger charge is -2.32. The summed E-state index contributed by atoms with van der Waals surface area (Å²) in [7, 11) is -4.27. The predicted octanol–water partition coefficient (Wildman–Crippen LogP) is 2.18. The number of rotatable bonds is 4. The average molecular weight is 360 g/mol. The average Bonchev–Trinajstić information content (AvgIpc) is 2.76. The summed E-state index contributed by atoms with van der Waals surface area (Å²) in [4.78, 5) is 4.27. The lowest BCUT2D eigenvalue weighted by molar-refractivity contribution is 0.00578. The van der Waals surface area contributed by atoms with Gasteiger partial charge in [-0.05, 0) is 57.4 Å². The Kier molecular flexibility index (Phi) is 4.39. The molecule has 2 heterocycles. The number of aromatic nitrogens is 1. The first kappa shape index (κ1) is 17.9. The van der Waals surface area contributed by atoms with Gasteiger partial charge in [-0.1, -0.05) is 18.2 Å². The highest BCUT2D eigenvalue weighted by atomic mass is 32.2. The van der Waals surface area contributed by atoms with Crippen molar-refractivity contribution >= 4 is 28.4 Å². The van der Waals surface area contributed by atoms with Crippen LogP contribution in [0, 0.1) is 0 Å². The molecule has 0 saturated carbocycles. The van der Waals surface area contributed by atoms with E-state index in [9.17, 15) is 8.42 Å². The van der Waals surface area contributed by atoms with Gasteiger partial charge in [0.25, 0.3) is 10.0 Å². The number of nitrogens with zero attached hydrogens (tertiary/aromatic N) is 1. The van der Waals surface area contributed by atoms with Crippen LogP contribution in [0.4, 0.5) is 5.82 Å². The molecule has 25 heavy (non-hydrogen) atoms. The highest BCUT2D eigenvalue weighted by Gasteiger charge is 2.51. The Hall–Kier alpha value is -1.90. The fourth-order valence-electron chi connectivity index (χ4n) is 2.42. The molecule has 0 spiro atoms. The van der Waals surface area contributed by atoms with Gasteiger partial charge in [-0.2, -0.15) is 0 Å². The van der Waals surface area contributed by atoms with Crippen molar-refractivity contribution in [3.63, 3.8) is 0 Å². The van der Waals surface area contributed by atoms with Gasteiger partial charge in [0.2, 0.25) is 0 Å². The van der Waals surface area contributed by atoms with E-state index in [0.717, 1.165) is 0 Å². The van der Waals surface area contributed by atoms with E-state index in [1.807, 2.05) is 27.7 Å². The monoisotopic (exact) mass is 360 g/mol. The SMILES string of the molecule is CC1(C)OB(c2ccnc(NS(=O)(=O)c3ccccc3)c2)OC1(C)C. The number of sulfonamides is 1. The number of pyridine rings is 1. The van der Waals surface area contributed by atoms with Gasteiger partial charge in [-0.3, -0.25) is 4.72 Å². The van der Waals surface area contributed by atoms with Crippen molar-refractivity contribution in [2.75, 3.05) is 4.72 Å². The summed E-state index contributed by atoms with van der Waals surface area (Å²) in [6, 6.07) is 11.5. The topological polar surface area (TPSA) is 77.5 Å². The molecule has 1 aromatic carbocycles. The molecular weight excluding hydrogens is 339 g/mol. The molecule has 0 unspecified atom stereocenters. The zero-order chi connectivity index (χ0) is 18.3. The minimum Gasteiger partial charge on any atom is -0.399 e. The lowest BCUT2D eigenvalue weighted by atomic mass is 9.80. The summed E-state index contributed by atoms with van der Waals surface area (Å²) in [5.74, 6) is 0.219. The number of benzene rings is 1. The zero-order valence-corrected chi connectivity index (χ0v) is 15.5. The van der Waals surface area contributed by atoms with E-state index in [-0.39, 0.29) is 10.7 Å². The Morgan fingerprint density at radius 1 is 1.00 bits per heavy atom. The Balaban J connectivity index is 1.84. The molecule has 0 amide bonds. The van der Waals surface area contributed by atoms with Gasteiger partial charge in [0.15, 0.2) is 0 Å². The molecule has 0 aliphatic carbocycles. The van der Waals surface area contributed by atoms with Gasteiger partial charge in [0.05, 0.1) is 16.1 Å². The van der Waals surface area contributed by atoms with Crippen molar-refractivity contribution in [1.29, 1.82) is 0 Å². The van der Waals surface area contributed by atoms with E-state index in [4.69, 9.17) is 9.31 Å². The van der Waals surface area contributed by atoms with Crippen molar-refractivity contribution in [1.82, 2.24) is 4.98 Å². The van der Waals surface area contributed by atoms with Gasteiger partial charge < -0.3 is 9.31 Å². The van der Waals surface area contributed by atoms with Crippen LogP contribution in [0.15, 0.2) is 53.6 Å². The summed E-state index contributed by atoms with van der Waals surface area (Å²) in [5, 5.41) is 0. The fraction of sp³-hybridized carbons (Fsp3) is 0.353. The van der Waals surface area contributed by atoms with E-state index >= 15 is 0 Å². The van der Waals surface area contributed by atoms with Crippen LogP contribution in [0.25, 0.3) is 0 Å². The number of anilines is 1. The smallest absolute Gasteiger partial charge is 0.399 e. The zero-order valence-electron chi connectivity index (χ0n) is 14.7. The molecule has 1 aliphatic heterocycles. The van der Waals surface area contributed by atoms with Gasteiger partial charge in [-0.15, -0.1) is 0 Å². The summed E-state index contributed by atoms with van der Waals surface area (Å²) < 4.78 is 39.3. The van der Waals surface area contributed by atoms with Crippen LogP contribution in [-0.4, -0.2) is 31.7 Å². The number of nitrogens with one attached hydrogen (secondary N) is 1. The minimum atomic E-state index is -3.69. The Morgan fingerprint density at radius 2 is 1.60 bits per heavy atom. The maximum atomic E-state index is 12.4. The van der Waals surface area contributed by atoms with Crippen LogP contribution in [0.5, 0.6) is 0 Å². The van der Waals surface area contributed by atoms with Crippen molar-refractivity contribution in [2.45, 2.75) is 43.8 Å². The number of hydrogen-bond donors (Lipinski definition) is 1. The van der Waals surface area contributed by atoms with Crippen LogP contribution in [-0.2, 0) is 19.3 Å². The van der Waals surface area contributed by atoms with Crippen molar-refractivity contribution < 1.29 is 17.7 Å². The van der Waals surface area contributed by atoms with Gasteiger partial charge in [0.1, 0.15) is 5.82 Å². The second-order valence-electron chi connectivity index (χ2n) is 6.98. The molecule has 1 aromatic heterocycles. The first-order valence-corrected chi connectivity index (χ1v) is 9.48. The van der Waals surface area contributed by atoms with E-state index < -0.39 is 28.3 Å². The lowest BCUT2D eigenvalue weighted by Crippen LogP contribution is -2.41. The molecule has 1 fully saturated rings. The van der Waals surface area contributed by atoms with Gasteiger partial charge in [-0.25, -0.2) is 13.4 Å². The third-order valence-electron chi connectivity index (χ3n) is 4.60. The molecule has 6 nitrogen and oxygen atoms in total. The molecule has 8 heteroatoms. The molecule has 1 saturated heterocycles. The minimum absolute atomic E-state index is 0.179. The van der Waals surface area contributed by atoms with Crippen LogP contribution in [0.2, 0.25) is 0 Å². The van der Waals surface area contributed by atoms with Crippen molar-refractivity contribution in [2.24, 2.45) is 0 Å². The normalized spacial score (nSPS) is 19.0. The maximum Gasteiger partial charge on any atom is 0.495 e. The third-order valence-corrected chi connectivity index (χ3v) is 5.97. The largest absolute Gasteiger partial charge is 0.495 e. The Morgan fingerprint density at radius 3 is 2.20 bits per heavy atom. The van der Waals surface area contributed by atoms with Gasteiger partial charge in [0, 0.05) is 6.20 Å². The molecule has 2 aromatic rings. The molecular formula is C17H21BN2O4S. The Bertz CT molecular complexity index is 853. The molecule has 132 valence electrons. The molecule has 0 bridgehead atoms. The highest BCUT2D eigenvalue weighted by Crippen LogP contribution is 2.36. The van der Waals surface area contributed by atoms with Gasteiger partial charge >= 0.3 is 7.12 Å². The van der Waals surface area contributed by atoms with Crippen LogP contribution in [0.1, 0.15) is 27.7 Å². The second-order valence-corrected chi connectivity index (χ2v) is 8.66. The third kappa shape index (κ3) is 3.56. The molecule has 1 aliphatic rings. The van der Waals surface area contributed by atoms with Crippen molar-refractivity contribution in [3.05, 3.63) is 48.7 Å². The predicted molar refractivity (Wildman–Crippen MR) is 97.2 cm³/mol. The fourth-order valence-corrected chi connectivity index (χ4v) is 3.44. The van der Waals surface area contributed by atoms with Crippen molar-refractivity contribution in [3.8, 4) is 0 Å². The van der Waals surface area contributed by atoms with Crippen LogP contribution < -0.4 is 10.2 Å². The first-order valence-electron chi connectivity index (χ1n) is 8.00. The highest BCUT2D eigenvalue weighted by molar-refractivity contribution is 7.92. The van der Waals surface area contributed by atoms with E-state index in [2.05, 4.69) is 9.71 Å². The molecule has 3 rings (SSSR count). The summed E-state index contributed by atoms with van der Waals surface area (Å²) in [6.07, 6.45) is 1.53. The van der Waals surface area contributed by atoms with E-state index in [1.165, 1.54) is 18.3 Å². The van der Waals surface area contributed by atoms with E-state index in [1.54, 1.807) is 30.3 Å². The molecule has 0 atom stereocenters. The second kappa shape index (κ2) is 6.12. The van der Waals surface area contributed by atoms with Crippen LogP contribution in [0.3, 0.4) is 0 Å². The summed E-state index contributed by atoms with van der Waals surface area (Å²) in [5.41, 5.74) is -0.227. The summed E-state index contributed by atoms with van der Waals surface area (Å²) in [6.45, 7) is 7.86. The Labute approximate surface area is 148 Å². The van der Waals surface area contributed by atoms with Crippen LogP contribution >= 0.6 is 0 Å².